The van der Waals surface area contributed by atoms with Gasteiger partial charge in [-0.05, 0) is 24.1 Å². The molecule has 0 bridgehead atoms. The van der Waals surface area contributed by atoms with E-state index in [1.54, 1.807) is 12.1 Å². The maximum Gasteiger partial charge on any atom is 0.266 e. The van der Waals surface area contributed by atoms with E-state index in [1.165, 1.54) is 6.92 Å². The zero-order valence-electron chi connectivity index (χ0n) is 11.9. The summed E-state index contributed by atoms with van der Waals surface area (Å²) in [6, 6.07) is 5.26. The Bertz CT molecular complexity index is 683. The number of nitrogens with zero attached hydrogens (tertiary/aromatic N) is 1. The molecule has 0 atom stereocenters. The fourth-order valence-corrected chi connectivity index (χ4v) is 3.11. The summed E-state index contributed by atoms with van der Waals surface area (Å²) < 4.78 is 26.8. The molecule has 0 spiro atoms. The lowest BCUT2D eigenvalue weighted by molar-refractivity contribution is -0.118. The van der Waals surface area contributed by atoms with Gasteiger partial charge in [-0.2, -0.15) is 0 Å². The first-order chi connectivity index (χ1) is 9.92. The van der Waals surface area contributed by atoms with Gasteiger partial charge in [0.05, 0.1) is 12.2 Å². The van der Waals surface area contributed by atoms with Crippen molar-refractivity contribution in [3.05, 3.63) is 23.8 Å². The summed E-state index contributed by atoms with van der Waals surface area (Å²) in [5, 5.41) is 5.53. The average molecular weight is 310 g/mol. The minimum absolute atomic E-state index is 0.148. The van der Waals surface area contributed by atoms with E-state index in [9.17, 15) is 13.2 Å². The van der Waals surface area contributed by atoms with Gasteiger partial charge in [0.1, 0.15) is 4.90 Å². The molecule has 21 heavy (non-hydrogen) atoms. The van der Waals surface area contributed by atoms with Crippen molar-refractivity contribution in [2.45, 2.75) is 25.2 Å². The Hall–Kier alpha value is -2.09. The molecule has 1 amide bonds. The number of aliphatic imine (C=N–C) groups is 1. The number of rotatable bonds is 4. The molecule has 1 aromatic rings. The number of anilines is 1. The molecule has 8 heteroatoms. The van der Waals surface area contributed by atoms with E-state index in [0.717, 1.165) is 12.0 Å². The van der Waals surface area contributed by atoms with Gasteiger partial charge in [0.2, 0.25) is 11.9 Å². The standard InChI is InChI=1S/C13H18N4O3S/c1-3-10-4-5-11-12(8-10)21(19,20)17-13(16-11)15-7-6-14-9(2)18/h4-5,8H,3,6-7H2,1-2H3,(H,14,18)(H2,15,16,17). The molecule has 1 aromatic carbocycles. The van der Waals surface area contributed by atoms with Crippen LogP contribution >= 0.6 is 0 Å². The number of carbonyl (C=O) groups is 1. The highest BCUT2D eigenvalue weighted by molar-refractivity contribution is 7.90. The van der Waals surface area contributed by atoms with Gasteiger partial charge in [-0.3, -0.25) is 9.79 Å². The monoisotopic (exact) mass is 310 g/mol. The van der Waals surface area contributed by atoms with E-state index in [1.807, 2.05) is 13.0 Å². The molecule has 1 aliphatic rings. The van der Waals surface area contributed by atoms with Crippen molar-refractivity contribution in [1.82, 2.24) is 10.0 Å². The summed E-state index contributed by atoms with van der Waals surface area (Å²) in [5.41, 5.74) is 1.45. The molecular weight excluding hydrogens is 292 g/mol. The second kappa shape index (κ2) is 6.13. The molecule has 1 heterocycles. The van der Waals surface area contributed by atoms with Crippen LogP contribution in [0.15, 0.2) is 28.1 Å². The lowest BCUT2D eigenvalue weighted by Gasteiger charge is -2.22. The van der Waals surface area contributed by atoms with Gasteiger partial charge in [0, 0.05) is 13.5 Å². The van der Waals surface area contributed by atoms with E-state index in [2.05, 4.69) is 20.3 Å². The van der Waals surface area contributed by atoms with Crippen LogP contribution < -0.4 is 15.4 Å². The van der Waals surface area contributed by atoms with Gasteiger partial charge in [-0.25, -0.2) is 13.1 Å². The Balaban J connectivity index is 2.18. The Morgan fingerprint density at radius 3 is 2.81 bits per heavy atom. The first-order valence-corrected chi connectivity index (χ1v) is 8.12. The van der Waals surface area contributed by atoms with E-state index in [0.29, 0.717) is 12.2 Å². The van der Waals surface area contributed by atoms with Gasteiger partial charge in [-0.1, -0.05) is 13.0 Å². The normalized spacial score (nSPS) is 17.5. The fraction of sp³-hybridized carbons (Fsp3) is 0.385. The number of aryl methyl sites for hydroxylation is 1. The van der Waals surface area contributed by atoms with Crippen LogP contribution in [-0.4, -0.2) is 33.4 Å². The SMILES string of the molecule is CCc1ccc2c(c1)S(=O)(=O)NC(=NCCNC(C)=O)N2. The first kappa shape index (κ1) is 15.3. The van der Waals surface area contributed by atoms with Crippen LogP contribution in [0.4, 0.5) is 5.69 Å². The molecule has 114 valence electrons. The number of hydrogen-bond acceptors (Lipinski definition) is 4. The minimum atomic E-state index is -3.61. The van der Waals surface area contributed by atoms with Crippen LogP contribution in [0.25, 0.3) is 0 Å². The number of amides is 1. The van der Waals surface area contributed by atoms with Gasteiger partial charge < -0.3 is 10.6 Å². The fourth-order valence-electron chi connectivity index (χ4n) is 1.92. The lowest BCUT2D eigenvalue weighted by Crippen LogP contribution is -2.41. The van der Waals surface area contributed by atoms with Crippen molar-refractivity contribution in [3.8, 4) is 0 Å². The van der Waals surface area contributed by atoms with Crippen molar-refractivity contribution >= 4 is 27.6 Å². The highest BCUT2D eigenvalue weighted by Crippen LogP contribution is 2.25. The van der Waals surface area contributed by atoms with Gasteiger partial charge >= 0.3 is 0 Å². The summed E-state index contributed by atoms with van der Waals surface area (Å²) in [7, 11) is -3.61. The lowest BCUT2D eigenvalue weighted by atomic mass is 10.1. The average Bonchev–Trinajstić information content (AvgIpc) is 2.42. The second-order valence-electron chi connectivity index (χ2n) is 4.63. The molecule has 7 nitrogen and oxygen atoms in total. The summed E-state index contributed by atoms with van der Waals surface area (Å²) in [6.07, 6.45) is 0.764. The Morgan fingerprint density at radius 2 is 2.14 bits per heavy atom. The predicted octanol–water partition coefficient (Wildman–Crippen LogP) is 0.445. The third kappa shape index (κ3) is 3.72. The molecule has 3 N–H and O–H groups in total. The zero-order chi connectivity index (χ0) is 15.5. The number of carbonyl (C=O) groups excluding carboxylic acids is 1. The van der Waals surface area contributed by atoms with Crippen molar-refractivity contribution < 1.29 is 13.2 Å². The first-order valence-electron chi connectivity index (χ1n) is 6.64. The van der Waals surface area contributed by atoms with E-state index in [4.69, 9.17) is 0 Å². The largest absolute Gasteiger partial charge is 0.354 e. The minimum Gasteiger partial charge on any atom is -0.354 e. The van der Waals surface area contributed by atoms with Crippen LogP contribution in [0, 0.1) is 0 Å². The van der Waals surface area contributed by atoms with Crippen LogP contribution in [0.5, 0.6) is 0 Å². The summed E-state index contributed by atoms with van der Waals surface area (Å²) >= 11 is 0. The zero-order valence-corrected chi connectivity index (χ0v) is 12.8. The highest BCUT2D eigenvalue weighted by Gasteiger charge is 2.26. The molecule has 0 radical (unpaired) electrons. The van der Waals surface area contributed by atoms with Crippen LogP contribution in [-0.2, 0) is 21.2 Å². The third-order valence-electron chi connectivity index (χ3n) is 2.98. The van der Waals surface area contributed by atoms with Crippen molar-refractivity contribution in [1.29, 1.82) is 0 Å². The number of guanidine groups is 1. The number of fused-ring (bicyclic) bond motifs is 1. The third-order valence-corrected chi connectivity index (χ3v) is 4.36. The Kier molecular flexibility index (Phi) is 4.46. The van der Waals surface area contributed by atoms with Crippen LogP contribution in [0.2, 0.25) is 0 Å². The van der Waals surface area contributed by atoms with Crippen molar-refractivity contribution in [2.75, 3.05) is 18.4 Å². The smallest absolute Gasteiger partial charge is 0.266 e. The van der Waals surface area contributed by atoms with Gasteiger partial charge in [0.15, 0.2) is 0 Å². The molecule has 0 unspecified atom stereocenters. The number of nitrogens with one attached hydrogen (secondary N) is 3. The van der Waals surface area contributed by atoms with Crippen molar-refractivity contribution in [3.63, 3.8) is 0 Å². The molecule has 0 aromatic heterocycles. The summed E-state index contributed by atoms with van der Waals surface area (Å²) in [5.74, 6) is 0.0157. The Labute approximate surface area is 123 Å². The molecule has 1 aliphatic heterocycles. The van der Waals surface area contributed by atoms with E-state index in [-0.39, 0.29) is 23.3 Å². The predicted molar refractivity (Wildman–Crippen MR) is 80.7 cm³/mol. The molecule has 2 rings (SSSR count). The van der Waals surface area contributed by atoms with E-state index >= 15 is 0 Å². The van der Waals surface area contributed by atoms with E-state index < -0.39 is 10.0 Å². The van der Waals surface area contributed by atoms with Crippen molar-refractivity contribution in [2.24, 2.45) is 4.99 Å². The van der Waals surface area contributed by atoms with Crippen LogP contribution in [0.1, 0.15) is 19.4 Å². The number of sulfonamides is 1. The summed E-state index contributed by atoms with van der Waals surface area (Å²) in [4.78, 5) is 15.1. The maximum absolute atomic E-state index is 12.2. The van der Waals surface area contributed by atoms with Gasteiger partial charge in [-0.15, -0.1) is 0 Å². The Morgan fingerprint density at radius 1 is 1.38 bits per heavy atom. The molecule has 0 saturated carbocycles. The van der Waals surface area contributed by atoms with Crippen LogP contribution in [0.3, 0.4) is 0 Å². The second-order valence-corrected chi connectivity index (χ2v) is 6.28. The number of hydrogen-bond donors (Lipinski definition) is 3. The summed E-state index contributed by atoms with van der Waals surface area (Å²) in [6.45, 7) is 4.01. The maximum atomic E-state index is 12.2. The molecular formula is C13H18N4O3S. The molecule has 0 saturated heterocycles. The number of benzene rings is 1. The highest BCUT2D eigenvalue weighted by atomic mass is 32.2. The quantitative estimate of drug-likeness (QED) is 0.703. The molecule has 0 fully saturated rings. The topological polar surface area (TPSA) is 99.7 Å². The molecule has 0 aliphatic carbocycles. The van der Waals surface area contributed by atoms with Gasteiger partial charge in [0.25, 0.3) is 10.0 Å².